The highest BCUT2D eigenvalue weighted by molar-refractivity contribution is 5.84. The Balaban J connectivity index is 1.77. The minimum Gasteiger partial charge on any atom is -0.493 e. The predicted octanol–water partition coefficient (Wildman–Crippen LogP) is 3.02. The van der Waals surface area contributed by atoms with Crippen LogP contribution in [0.5, 0.6) is 17.2 Å². The van der Waals surface area contributed by atoms with Crippen molar-refractivity contribution in [1.82, 2.24) is 24.7 Å². The molecule has 9 heteroatoms. The van der Waals surface area contributed by atoms with E-state index in [9.17, 15) is 0 Å². The fourth-order valence-electron chi connectivity index (χ4n) is 4.23. The van der Waals surface area contributed by atoms with Crippen LogP contribution in [0.1, 0.15) is 25.5 Å². The lowest BCUT2D eigenvalue weighted by Crippen LogP contribution is -2.42. The molecule has 4 rings (SSSR count). The molecule has 1 atom stereocenters. The van der Waals surface area contributed by atoms with Gasteiger partial charge in [-0.2, -0.15) is 9.61 Å². The first kappa shape index (κ1) is 21.2. The minimum atomic E-state index is 0.317. The van der Waals surface area contributed by atoms with Crippen LogP contribution in [0.25, 0.3) is 16.8 Å². The second-order valence-corrected chi connectivity index (χ2v) is 7.71. The van der Waals surface area contributed by atoms with Crippen molar-refractivity contribution in [2.45, 2.75) is 32.7 Å². The molecule has 31 heavy (non-hydrogen) atoms. The third kappa shape index (κ3) is 3.97. The molecule has 0 amide bonds. The van der Waals surface area contributed by atoms with Crippen molar-refractivity contribution in [3.63, 3.8) is 0 Å². The number of piperidine rings is 1. The number of fused-ring (bicyclic) bond motifs is 1. The lowest BCUT2D eigenvalue weighted by atomic mass is 10.1. The number of hydrogen-bond acceptors (Lipinski definition) is 8. The van der Waals surface area contributed by atoms with E-state index in [0.717, 1.165) is 42.8 Å². The molecule has 9 nitrogen and oxygen atoms in total. The average molecular weight is 427 g/mol. The zero-order valence-corrected chi connectivity index (χ0v) is 18.8. The number of anilines is 1. The van der Waals surface area contributed by atoms with Crippen LogP contribution in [0.2, 0.25) is 0 Å². The molecule has 0 saturated carbocycles. The Morgan fingerprint density at radius 1 is 1.10 bits per heavy atom. The summed E-state index contributed by atoms with van der Waals surface area (Å²) in [5.41, 5.74) is 3.17. The number of likely N-dealkylation sites (tertiary alicyclic amines) is 1. The van der Waals surface area contributed by atoms with E-state index in [1.54, 1.807) is 21.3 Å². The molecule has 1 fully saturated rings. The molecule has 166 valence electrons. The Labute approximate surface area is 182 Å². The van der Waals surface area contributed by atoms with E-state index >= 15 is 0 Å². The molecular weight excluding hydrogens is 396 g/mol. The van der Waals surface area contributed by atoms with Crippen LogP contribution in [0.15, 0.2) is 18.2 Å². The number of likely N-dealkylation sites (N-methyl/N-ethyl adjacent to an activating group) is 1. The number of benzene rings is 1. The van der Waals surface area contributed by atoms with Crippen LogP contribution in [-0.4, -0.2) is 71.7 Å². The lowest BCUT2D eigenvalue weighted by molar-refractivity contribution is 0.226. The summed E-state index contributed by atoms with van der Waals surface area (Å²) in [6.45, 7) is 7.35. The van der Waals surface area contributed by atoms with Crippen LogP contribution in [0.4, 0.5) is 5.95 Å². The van der Waals surface area contributed by atoms with E-state index in [-0.39, 0.29) is 0 Å². The maximum absolute atomic E-state index is 5.67. The van der Waals surface area contributed by atoms with Gasteiger partial charge in [0.15, 0.2) is 11.5 Å². The first-order chi connectivity index (χ1) is 15.1. The number of nitrogens with zero attached hydrogens (tertiary/aromatic N) is 5. The molecule has 0 aliphatic carbocycles. The second-order valence-electron chi connectivity index (χ2n) is 7.71. The Morgan fingerprint density at radius 2 is 1.90 bits per heavy atom. The van der Waals surface area contributed by atoms with Gasteiger partial charge in [-0.1, -0.05) is 6.92 Å². The van der Waals surface area contributed by atoms with Crippen molar-refractivity contribution >= 4 is 11.5 Å². The molecule has 1 saturated heterocycles. The Morgan fingerprint density at radius 3 is 2.61 bits per heavy atom. The van der Waals surface area contributed by atoms with Crippen molar-refractivity contribution in [2.75, 3.05) is 46.3 Å². The summed E-state index contributed by atoms with van der Waals surface area (Å²) in [6.07, 6.45) is 2.27. The molecule has 0 unspecified atom stereocenters. The monoisotopic (exact) mass is 426 g/mol. The summed E-state index contributed by atoms with van der Waals surface area (Å²) in [6, 6.07) is 6.06. The Hall–Kier alpha value is -3.07. The van der Waals surface area contributed by atoms with Crippen LogP contribution < -0.4 is 19.5 Å². The number of methoxy groups -OCH3 is 3. The smallest absolute Gasteiger partial charge is 0.244 e. The zero-order valence-electron chi connectivity index (χ0n) is 18.8. The minimum absolute atomic E-state index is 0.317. The quantitative estimate of drug-likeness (QED) is 0.617. The van der Waals surface area contributed by atoms with Crippen molar-refractivity contribution in [3.05, 3.63) is 23.9 Å². The second kappa shape index (κ2) is 8.97. The van der Waals surface area contributed by atoms with Gasteiger partial charge in [0.2, 0.25) is 11.7 Å². The fraction of sp³-hybridized carbons (Fsp3) is 0.500. The van der Waals surface area contributed by atoms with Crippen molar-refractivity contribution in [3.8, 4) is 28.5 Å². The van der Waals surface area contributed by atoms with Gasteiger partial charge in [0.05, 0.1) is 38.1 Å². The van der Waals surface area contributed by atoms with Gasteiger partial charge in [0.25, 0.3) is 0 Å². The molecule has 3 aromatic rings. The highest BCUT2D eigenvalue weighted by atomic mass is 16.5. The number of rotatable bonds is 7. The van der Waals surface area contributed by atoms with E-state index < -0.39 is 0 Å². The summed E-state index contributed by atoms with van der Waals surface area (Å²) in [5.74, 6) is 2.30. The summed E-state index contributed by atoms with van der Waals surface area (Å²) in [7, 11) is 4.79. The molecule has 1 aromatic carbocycles. The van der Waals surface area contributed by atoms with Crippen LogP contribution in [0, 0.1) is 6.92 Å². The van der Waals surface area contributed by atoms with E-state index in [2.05, 4.69) is 32.4 Å². The zero-order chi connectivity index (χ0) is 22.0. The third-order valence-corrected chi connectivity index (χ3v) is 5.76. The molecule has 2 aromatic heterocycles. The van der Waals surface area contributed by atoms with E-state index in [1.165, 1.54) is 6.42 Å². The highest BCUT2D eigenvalue weighted by Gasteiger charge is 2.24. The number of hydrogen-bond donors (Lipinski definition) is 1. The molecule has 0 spiro atoms. The largest absolute Gasteiger partial charge is 0.493 e. The summed E-state index contributed by atoms with van der Waals surface area (Å²) in [5, 5.41) is 17.3. The molecule has 1 N–H and O–H groups in total. The van der Waals surface area contributed by atoms with Crippen molar-refractivity contribution < 1.29 is 14.2 Å². The molecule has 1 aliphatic rings. The normalized spacial score (nSPS) is 17.0. The van der Waals surface area contributed by atoms with Gasteiger partial charge in [-0.05, 0) is 51.1 Å². The van der Waals surface area contributed by atoms with Crippen LogP contribution >= 0.6 is 0 Å². The molecular formula is C22H30N6O3. The van der Waals surface area contributed by atoms with E-state index in [0.29, 0.717) is 34.9 Å². The lowest BCUT2D eigenvalue weighted by Gasteiger charge is -2.32. The maximum Gasteiger partial charge on any atom is 0.244 e. The van der Waals surface area contributed by atoms with E-state index in [1.807, 2.05) is 29.6 Å². The molecule has 0 radical (unpaired) electrons. The van der Waals surface area contributed by atoms with Gasteiger partial charge in [-0.15, -0.1) is 10.2 Å². The van der Waals surface area contributed by atoms with Crippen molar-refractivity contribution in [1.29, 1.82) is 0 Å². The van der Waals surface area contributed by atoms with Crippen LogP contribution in [0.3, 0.4) is 0 Å². The molecule has 3 heterocycles. The van der Waals surface area contributed by atoms with Gasteiger partial charge in [0.1, 0.15) is 5.69 Å². The van der Waals surface area contributed by atoms with Crippen molar-refractivity contribution in [2.24, 2.45) is 0 Å². The number of ether oxygens (including phenoxy) is 3. The van der Waals surface area contributed by atoms with Gasteiger partial charge in [-0.3, -0.25) is 0 Å². The number of aryl methyl sites for hydroxylation is 1. The Bertz CT molecular complexity index is 1070. The first-order valence-electron chi connectivity index (χ1n) is 10.6. The Kier molecular flexibility index (Phi) is 6.13. The highest BCUT2D eigenvalue weighted by Crippen LogP contribution is 2.44. The van der Waals surface area contributed by atoms with E-state index in [4.69, 9.17) is 14.2 Å². The molecule has 1 aliphatic heterocycles. The first-order valence-corrected chi connectivity index (χ1v) is 10.6. The predicted molar refractivity (Wildman–Crippen MR) is 119 cm³/mol. The summed E-state index contributed by atoms with van der Waals surface area (Å²) < 4.78 is 18.5. The number of nitrogens with one attached hydrogen (secondary N) is 1. The van der Waals surface area contributed by atoms with Gasteiger partial charge in [-0.25, -0.2) is 0 Å². The fourth-order valence-corrected chi connectivity index (χ4v) is 4.23. The number of aromatic nitrogens is 4. The SMILES string of the molecule is CCN1CCC[C@@H](Nc2nnc(-c3ccc(OC)c(OC)c3OC)c3cc(C)nn23)C1. The summed E-state index contributed by atoms with van der Waals surface area (Å²) in [4.78, 5) is 2.45. The summed E-state index contributed by atoms with van der Waals surface area (Å²) >= 11 is 0. The topological polar surface area (TPSA) is 86.0 Å². The van der Waals surface area contributed by atoms with Gasteiger partial charge >= 0.3 is 0 Å². The van der Waals surface area contributed by atoms with Crippen LogP contribution in [-0.2, 0) is 0 Å². The molecule has 0 bridgehead atoms. The standard InChI is InChI=1S/C22H30N6O3/c1-6-27-11-7-8-15(13-27)23-22-25-24-19(17-12-14(2)26-28(17)22)16-9-10-18(29-3)21(31-5)20(16)30-4/h9-10,12,15H,6-8,11,13H2,1-5H3,(H,23,25)/t15-/m1/s1. The average Bonchev–Trinajstić information content (AvgIpc) is 3.20. The van der Waals surface area contributed by atoms with Gasteiger partial charge in [0, 0.05) is 12.6 Å². The maximum atomic E-state index is 5.67. The van der Waals surface area contributed by atoms with Gasteiger partial charge < -0.3 is 24.4 Å². The third-order valence-electron chi connectivity index (χ3n) is 5.76.